The Balaban J connectivity index is 2.15. The molecule has 0 spiro atoms. The van der Waals surface area contributed by atoms with Gasteiger partial charge in [-0.1, -0.05) is 52.0 Å². The van der Waals surface area contributed by atoms with Crippen molar-refractivity contribution in [3.63, 3.8) is 0 Å². The lowest BCUT2D eigenvalue weighted by Gasteiger charge is -2.31. The Morgan fingerprint density at radius 3 is 2.14 bits per heavy atom. The van der Waals surface area contributed by atoms with Crippen molar-refractivity contribution in [2.45, 2.75) is 46.5 Å². The number of carboxylic acids is 1. The van der Waals surface area contributed by atoms with Gasteiger partial charge in [0.1, 0.15) is 12.4 Å². The summed E-state index contributed by atoms with van der Waals surface area (Å²) >= 11 is 0. The van der Waals surface area contributed by atoms with Crippen LogP contribution in [0.1, 0.15) is 57.0 Å². The Morgan fingerprint density at radius 1 is 0.914 bits per heavy atom. The SMILES string of the molecule is CCCN(CC)c1ccc(-c2cc(-c3ccc(C(=O)O)cc3)ccc2OCCO)cc1C(C)(C)C. The Hall–Kier alpha value is -3.31. The number of aliphatic hydroxyl groups is 1. The van der Waals surface area contributed by atoms with Gasteiger partial charge in [0, 0.05) is 24.3 Å². The average Bonchev–Trinajstić information content (AvgIpc) is 2.85. The van der Waals surface area contributed by atoms with E-state index in [9.17, 15) is 15.0 Å². The second-order valence-electron chi connectivity index (χ2n) is 9.73. The summed E-state index contributed by atoms with van der Waals surface area (Å²) in [4.78, 5) is 13.7. The van der Waals surface area contributed by atoms with Crippen molar-refractivity contribution in [1.82, 2.24) is 0 Å². The predicted molar refractivity (Wildman–Crippen MR) is 144 cm³/mol. The lowest BCUT2D eigenvalue weighted by atomic mass is 9.83. The van der Waals surface area contributed by atoms with Crippen molar-refractivity contribution < 1.29 is 19.7 Å². The van der Waals surface area contributed by atoms with Crippen LogP contribution in [0.4, 0.5) is 5.69 Å². The summed E-state index contributed by atoms with van der Waals surface area (Å²) in [6, 6.07) is 19.5. The second-order valence-corrected chi connectivity index (χ2v) is 9.73. The first-order chi connectivity index (χ1) is 16.7. The molecule has 0 bridgehead atoms. The topological polar surface area (TPSA) is 70.0 Å². The minimum atomic E-state index is -0.941. The van der Waals surface area contributed by atoms with Crippen LogP contribution in [-0.2, 0) is 5.41 Å². The third-order valence-corrected chi connectivity index (χ3v) is 6.13. The average molecular weight is 476 g/mol. The van der Waals surface area contributed by atoms with Crippen LogP contribution in [0.25, 0.3) is 22.3 Å². The summed E-state index contributed by atoms with van der Waals surface area (Å²) in [6.07, 6.45) is 1.08. The van der Waals surface area contributed by atoms with Crippen molar-refractivity contribution in [2.24, 2.45) is 0 Å². The van der Waals surface area contributed by atoms with Crippen LogP contribution in [0.5, 0.6) is 5.75 Å². The third-order valence-electron chi connectivity index (χ3n) is 6.13. The molecule has 0 aliphatic carbocycles. The number of carboxylic acid groups (broad SMARTS) is 1. The summed E-state index contributed by atoms with van der Waals surface area (Å²) in [5, 5.41) is 18.6. The van der Waals surface area contributed by atoms with Gasteiger partial charge in [-0.25, -0.2) is 4.79 Å². The maximum absolute atomic E-state index is 11.2. The summed E-state index contributed by atoms with van der Waals surface area (Å²) in [6.45, 7) is 13.2. The fraction of sp³-hybridized carbons (Fsp3) is 0.367. The number of nitrogens with zero attached hydrogens (tertiary/aromatic N) is 1. The minimum absolute atomic E-state index is 0.0527. The highest BCUT2D eigenvalue weighted by molar-refractivity contribution is 5.88. The van der Waals surface area contributed by atoms with Crippen LogP contribution >= 0.6 is 0 Å². The lowest BCUT2D eigenvalue weighted by Crippen LogP contribution is -2.27. The zero-order valence-electron chi connectivity index (χ0n) is 21.5. The molecule has 0 heterocycles. The molecule has 0 aliphatic heterocycles. The number of aromatic carboxylic acids is 1. The first-order valence-electron chi connectivity index (χ1n) is 12.3. The van der Waals surface area contributed by atoms with Gasteiger partial charge in [0.05, 0.1) is 12.2 Å². The zero-order valence-corrected chi connectivity index (χ0v) is 21.5. The molecular formula is C30H37NO4. The molecule has 0 aliphatic rings. The molecule has 0 radical (unpaired) electrons. The molecule has 3 rings (SSSR count). The summed E-state index contributed by atoms with van der Waals surface area (Å²) in [7, 11) is 0. The largest absolute Gasteiger partial charge is 0.491 e. The van der Waals surface area contributed by atoms with Crippen molar-refractivity contribution in [3.8, 4) is 28.0 Å². The van der Waals surface area contributed by atoms with Crippen LogP contribution < -0.4 is 9.64 Å². The molecule has 0 saturated heterocycles. The highest BCUT2D eigenvalue weighted by Gasteiger charge is 2.22. The molecular weight excluding hydrogens is 438 g/mol. The van der Waals surface area contributed by atoms with E-state index < -0.39 is 5.97 Å². The van der Waals surface area contributed by atoms with E-state index in [0.717, 1.165) is 41.8 Å². The number of hydrogen-bond donors (Lipinski definition) is 2. The Kier molecular flexibility index (Phi) is 8.57. The van der Waals surface area contributed by atoms with Crippen molar-refractivity contribution in [2.75, 3.05) is 31.2 Å². The number of carbonyl (C=O) groups is 1. The highest BCUT2D eigenvalue weighted by Crippen LogP contribution is 2.40. The van der Waals surface area contributed by atoms with E-state index in [1.165, 1.54) is 11.3 Å². The van der Waals surface area contributed by atoms with Gasteiger partial charge in [0.25, 0.3) is 0 Å². The predicted octanol–water partition coefficient (Wildman–Crippen LogP) is 6.62. The zero-order chi connectivity index (χ0) is 25.6. The number of ether oxygens (including phenoxy) is 1. The van der Waals surface area contributed by atoms with Gasteiger partial charge in [-0.05, 0) is 77.4 Å². The molecule has 0 amide bonds. The Bertz CT molecular complexity index is 1150. The van der Waals surface area contributed by atoms with Gasteiger partial charge >= 0.3 is 5.97 Å². The molecule has 3 aromatic carbocycles. The molecule has 3 aromatic rings. The summed E-state index contributed by atoms with van der Waals surface area (Å²) in [5.74, 6) is -0.234. The fourth-order valence-corrected chi connectivity index (χ4v) is 4.32. The van der Waals surface area contributed by atoms with Gasteiger partial charge in [0.2, 0.25) is 0 Å². The second kappa shape index (κ2) is 11.4. The van der Waals surface area contributed by atoms with Crippen LogP contribution in [0.2, 0.25) is 0 Å². The number of anilines is 1. The van der Waals surface area contributed by atoms with Crippen molar-refractivity contribution >= 4 is 11.7 Å². The van der Waals surface area contributed by atoms with E-state index in [-0.39, 0.29) is 24.2 Å². The molecule has 5 heteroatoms. The number of aliphatic hydroxyl groups excluding tert-OH is 1. The Morgan fingerprint density at radius 2 is 1.57 bits per heavy atom. The number of hydrogen-bond acceptors (Lipinski definition) is 4. The quantitative estimate of drug-likeness (QED) is 0.345. The monoisotopic (exact) mass is 475 g/mol. The van der Waals surface area contributed by atoms with Gasteiger partial charge in [-0.15, -0.1) is 0 Å². The van der Waals surface area contributed by atoms with Crippen LogP contribution in [-0.4, -0.2) is 42.5 Å². The normalized spacial score (nSPS) is 11.4. The molecule has 35 heavy (non-hydrogen) atoms. The smallest absolute Gasteiger partial charge is 0.335 e. The minimum Gasteiger partial charge on any atom is -0.491 e. The number of rotatable bonds is 10. The Labute approximate surface area is 209 Å². The van der Waals surface area contributed by atoms with E-state index in [1.54, 1.807) is 12.1 Å². The maximum Gasteiger partial charge on any atom is 0.335 e. The van der Waals surface area contributed by atoms with Gasteiger partial charge < -0.3 is 19.8 Å². The maximum atomic E-state index is 11.2. The van der Waals surface area contributed by atoms with Gasteiger partial charge in [-0.3, -0.25) is 0 Å². The van der Waals surface area contributed by atoms with E-state index in [1.807, 2.05) is 24.3 Å². The van der Waals surface area contributed by atoms with E-state index in [2.05, 4.69) is 63.8 Å². The molecule has 0 fully saturated rings. The standard InChI is InChI=1S/C30H37NO4/c1-6-16-31(7-2)27-14-12-24(20-26(27)30(3,4)5)25-19-23(13-15-28(25)35-18-17-32)21-8-10-22(11-9-21)29(33)34/h8-15,19-20,32H,6-7,16-18H2,1-5H3,(H,33,34). The highest BCUT2D eigenvalue weighted by atomic mass is 16.5. The first-order valence-corrected chi connectivity index (χ1v) is 12.3. The van der Waals surface area contributed by atoms with E-state index in [0.29, 0.717) is 5.75 Å². The number of benzene rings is 3. The van der Waals surface area contributed by atoms with Crippen LogP contribution in [0, 0.1) is 0 Å². The van der Waals surface area contributed by atoms with Crippen LogP contribution in [0.15, 0.2) is 60.7 Å². The van der Waals surface area contributed by atoms with Crippen molar-refractivity contribution in [3.05, 3.63) is 71.8 Å². The molecule has 0 unspecified atom stereocenters. The fourth-order valence-electron chi connectivity index (χ4n) is 4.32. The van der Waals surface area contributed by atoms with E-state index in [4.69, 9.17) is 4.74 Å². The van der Waals surface area contributed by atoms with Gasteiger partial charge in [0.15, 0.2) is 0 Å². The molecule has 186 valence electrons. The molecule has 2 N–H and O–H groups in total. The molecule has 5 nitrogen and oxygen atoms in total. The first kappa shape index (κ1) is 26.3. The van der Waals surface area contributed by atoms with Crippen LogP contribution in [0.3, 0.4) is 0 Å². The van der Waals surface area contributed by atoms with E-state index >= 15 is 0 Å². The van der Waals surface area contributed by atoms with Gasteiger partial charge in [-0.2, -0.15) is 0 Å². The molecule has 0 atom stereocenters. The summed E-state index contributed by atoms with van der Waals surface area (Å²) in [5.41, 5.74) is 6.61. The molecule has 0 aromatic heterocycles. The summed E-state index contributed by atoms with van der Waals surface area (Å²) < 4.78 is 5.91. The van der Waals surface area contributed by atoms with Crippen molar-refractivity contribution in [1.29, 1.82) is 0 Å². The lowest BCUT2D eigenvalue weighted by molar-refractivity contribution is 0.0697. The third kappa shape index (κ3) is 6.23. The molecule has 0 saturated carbocycles.